The van der Waals surface area contributed by atoms with Gasteiger partial charge >= 0.3 is 0 Å². The molecular formula is C16H26ClNO2. The van der Waals surface area contributed by atoms with E-state index in [9.17, 15) is 4.79 Å². The summed E-state index contributed by atoms with van der Waals surface area (Å²) in [6.45, 7) is 1.95. The Bertz CT molecular complexity index is 332. The predicted molar refractivity (Wildman–Crippen MR) is 79.7 cm³/mol. The summed E-state index contributed by atoms with van der Waals surface area (Å²) in [5.41, 5.74) is 0. The molecule has 4 rings (SSSR count). The summed E-state index contributed by atoms with van der Waals surface area (Å²) in [5, 5.41) is 0. The molecule has 0 aliphatic heterocycles. The third-order valence-corrected chi connectivity index (χ3v) is 5.91. The quantitative estimate of drug-likeness (QED) is 0.706. The molecule has 3 nitrogen and oxygen atoms in total. The fourth-order valence-corrected chi connectivity index (χ4v) is 5.38. The second-order valence-electron chi connectivity index (χ2n) is 6.96. The lowest BCUT2D eigenvalue weighted by molar-refractivity contribution is -0.149. The molecule has 0 spiro atoms. The van der Waals surface area contributed by atoms with Gasteiger partial charge in [-0.25, -0.2) is 0 Å². The second kappa shape index (κ2) is 6.23. The lowest BCUT2D eigenvalue weighted by atomic mass is 9.51. The third-order valence-electron chi connectivity index (χ3n) is 5.74. The number of carbonyl (C=O) groups excluding carboxylic acids is 1. The van der Waals surface area contributed by atoms with E-state index in [4.69, 9.17) is 16.3 Å². The fourth-order valence-electron chi connectivity index (χ4n) is 5.17. The predicted octanol–water partition coefficient (Wildman–Crippen LogP) is 2.77. The minimum absolute atomic E-state index is 0.280. The van der Waals surface area contributed by atoms with Crippen LogP contribution in [-0.4, -0.2) is 43.5 Å². The molecule has 0 heterocycles. The summed E-state index contributed by atoms with van der Waals surface area (Å²) in [6, 6.07) is 0. The van der Waals surface area contributed by atoms with Gasteiger partial charge in [0, 0.05) is 32.0 Å². The van der Waals surface area contributed by atoms with E-state index >= 15 is 0 Å². The maximum absolute atomic E-state index is 12.9. The van der Waals surface area contributed by atoms with Crippen molar-refractivity contribution in [3.05, 3.63) is 0 Å². The Morgan fingerprint density at radius 1 is 1.10 bits per heavy atom. The van der Waals surface area contributed by atoms with Crippen LogP contribution in [-0.2, 0) is 9.53 Å². The highest BCUT2D eigenvalue weighted by molar-refractivity contribution is 6.18. The van der Waals surface area contributed by atoms with Crippen molar-refractivity contribution in [1.82, 2.24) is 4.90 Å². The van der Waals surface area contributed by atoms with Gasteiger partial charge in [-0.3, -0.25) is 4.79 Å². The molecule has 1 amide bonds. The molecule has 0 saturated heterocycles. The molecule has 0 atom stereocenters. The molecule has 4 aliphatic rings. The first-order valence-electron chi connectivity index (χ1n) is 8.06. The average Bonchev–Trinajstić information content (AvgIpc) is 2.42. The monoisotopic (exact) mass is 299 g/mol. The van der Waals surface area contributed by atoms with Gasteiger partial charge in [0.15, 0.2) is 0 Å². The summed E-state index contributed by atoms with van der Waals surface area (Å²) >= 11 is 5.87. The van der Waals surface area contributed by atoms with Gasteiger partial charge < -0.3 is 9.64 Å². The minimum Gasteiger partial charge on any atom is -0.383 e. The first-order valence-corrected chi connectivity index (χ1v) is 8.60. The maximum atomic E-state index is 12.9. The van der Waals surface area contributed by atoms with Crippen molar-refractivity contribution in [2.45, 2.75) is 32.1 Å². The van der Waals surface area contributed by atoms with Gasteiger partial charge in [0.1, 0.15) is 0 Å². The maximum Gasteiger partial charge on any atom is 0.226 e. The first-order chi connectivity index (χ1) is 9.72. The molecule has 4 fully saturated rings. The van der Waals surface area contributed by atoms with Crippen molar-refractivity contribution >= 4 is 17.5 Å². The van der Waals surface area contributed by atoms with Crippen molar-refractivity contribution in [2.75, 3.05) is 32.7 Å². The molecule has 4 heteroatoms. The van der Waals surface area contributed by atoms with E-state index < -0.39 is 0 Å². The van der Waals surface area contributed by atoms with Crippen LogP contribution < -0.4 is 0 Å². The highest BCUT2D eigenvalue weighted by Crippen LogP contribution is 2.56. The zero-order valence-electron chi connectivity index (χ0n) is 12.4. The number of alkyl halides is 1. The summed E-state index contributed by atoms with van der Waals surface area (Å²) in [5.74, 6) is 4.30. The molecule has 0 radical (unpaired) electrons. The molecule has 0 aromatic rings. The van der Waals surface area contributed by atoms with Crippen LogP contribution in [0.5, 0.6) is 0 Å². The summed E-state index contributed by atoms with van der Waals surface area (Å²) in [4.78, 5) is 14.9. The second-order valence-corrected chi connectivity index (χ2v) is 7.34. The number of nitrogens with zero attached hydrogens (tertiary/aromatic N) is 1. The van der Waals surface area contributed by atoms with Crippen LogP contribution in [0.3, 0.4) is 0 Å². The molecule has 0 aromatic heterocycles. The zero-order valence-corrected chi connectivity index (χ0v) is 13.1. The SMILES string of the molecule is COCCN(CCCl)C(=O)C1C2CC3CC(C2)CC1C3. The topological polar surface area (TPSA) is 29.5 Å². The van der Waals surface area contributed by atoms with Gasteiger partial charge in [0.25, 0.3) is 0 Å². The number of halogens is 1. The van der Waals surface area contributed by atoms with Crippen molar-refractivity contribution < 1.29 is 9.53 Å². The highest BCUT2D eigenvalue weighted by atomic mass is 35.5. The summed E-state index contributed by atoms with van der Waals surface area (Å²) in [6.07, 6.45) is 6.61. The van der Waals surface area contributed by atoms with Gasteiger partial charge in [-0.1, -0.05) is 0 Å². The zero-order chi connectivity index (χ0) is 14.1. The molecule has 20 heavy (non-hydrogen) atoms. The van der Waals surface area contributed by atoms with E-state index in [1.54, 1.807) is 7.11 Å². The van der Waals surface area contributed by atoms with Crippen LogP contribution in [0.4, 0.5) is 0 Å². The Morgan fingerprint density at radius 3 is 2.20 bits per heavy atom. The molecule has 4 saturated carbocycles. The molecular weight excluding hydrogens is 274 g/mol. The van der Waals surface area contributed by atoms with Gasteiger partial charge in [-0.05, 0) is 55.8 Å². The Labute approximate surface area is 127 Å². The van der Waals surface area contributed by atoms with E-state index in [2.05, 4.69) is 0 Å². The van der Waals surface area contributed by atoms with Crippen molar-refractivity contribution in [3.8, 4) is 0 Å². The Hall–Kier alpha value is -0.280. The Balaban J connectivity index is 1.68. The highest BCUT2D eigenvalue weighted by Gasteiger charge is 2.51. The van der Waals surface area contributed by atoms with Crippen LogP contribution in [0.15, 0.2) is 0 Å². The minimum atomic E-state index is 0.280. The van der Waals surface area contributed by atoms with E-state index in [1.165, 1.54) is 32.1 Å². The van der Waals surface area contributed by atoms with Gasteiger partial charge in [-0.15, -0.1) is 11.6 Å². The average molecular weight is 300 g/mol. The fraction of sp³-hybridized carbons (Fsp3) is 0.938. The summed E-state index contributed by atoms with van der Waals surface area (Å²) < 4.78 is 5.14. The third kappa shape index (κ3) is 2.71. The normalized spacial score (nSPS) is 38.2. The van der Waals surface area contributed by atoms with E-state index in [1.807, 2.05) is 4.90 Å². The first kappa shape index (κ1) is 14.6. The van der Waals surface area contributed by atoms with Crippen LogP contribution in [0.2, 0.25) is 0 Å². The largest absolute Gasteiger partial charge is 0.383 e. The number of rotatable bonds is 6. The number of ether oxygens (including phenoxy) is 1. The smallest absolute Gasteiger partial charge is 0.226 e. The number of hydrogen-bond donors (Lipinski definition) is 0. The van der Waals surface area contributed by atoms with Gasteiger partial charge in [0.05, 0.1) is 6.61 Å². The molecule has 0 unspecified atom stereocenters. The van der Waals surface area contributed by atoms with Crippen LogP contribution in [0, 0.1) is 29.6 Å². The van der Waals surface area contributed by atoms with Crippen molar-refractivity contribution in [1.29, 1.82) is 0 Å². The molecule has 114 valence electrons. The van der Waals surface area contributed by atoms with Gasteiger partial charge in [-0.2, -0.15) is 0 Å². The van der Waals surface area contributed by atoms with Crippen molar-refractivity contribution in [2.24, 2.45) is 29.6 Å². The van der Waals surface area contributed by atoms with Crippen LogP contribution in [0.1, 0.15) is 32.1 Å². The summed E-state index contributed by atoms with van der Waals surface area (Å²) in [7, 11) is 1.69. The lowest BCUT2D eigenvalue weighted by Gasteiger charge is -2.54. The molecule has 0 N–H and O–H groups in total. The Kier molecular flexibility index (Phi) is 4.56. The number of amides is 1. The lowest BCUT2D eigenvalue weighted by Crippen LogP contribution is -2.52. The number of hydrogen-bond acceptors (Lipinski definition) is 2. The van der Waals surface area contributed by atoms with E-state index in [0.29, 0.717) is 43.3 Å². The molecule has 4 aliphatic carbocycles. The number of carbonyl (C=O) groups is 1. The molecule has 0 aromatic carbocycles. The Morgan fingerprint density at radius 2 is 1.70 bits per heavy atom. The van der Waals surface area contributed by atoms with E-state index in [-0.39, 0.29) is 5.92 Å². The van der Waals surface area contributed by atoms with Crippen molar-refractivity contribution in [3.63, 3.8) is 0 Å². The molecule has 4 bridgehead atoms. The van der Waals surface area contributed by atoms with Crippen LogP contribution >= 0.6 is 11.6 Å². The van der Waals surface area contributed by atoms with Crippen LogP contribution in [0.25, 0.3) is 0 Å². The van der Waals surface area contributed by atoms with Gasteiger partial charge in [0.2, 0.25) is 5.91 Å². The number of methoxy groups -OCH3 is 1. The standard InChI is InChI=1S/C16H26ClNO2/c1-20-5-4-18(3-2-17)16(19)15-13-7-11-6-12(9-13)10-14(15)8-11/h11-15H,2-10H2,1H3. The van der Waals surface area contributed by atoms with E-state index in [0.717, 1.165) is 11.8 Å².